The first-order valence-corrected chi connectivity index (χ1v) is 9.50. The van der Waals surface area contributed by atoms with Crippen molar-refractivity contribution < 1.29 is 4.74 Å². The quantitative estimate of drug-likeness (QED) is 0.430. The number of para-hydroxylation sites is 1. The zero-order valence-corrected chi connectivity index (χ0v) is 16.0. The summed E-state index contributed by atoms with van der Waals surface area (Å²) in [4.78, 5) is 11.2. The zero-order valence-electron chi connectivity index (χ0n) is 15.2. The lowest BCUT2D eigenvalue weighted by Gasteiger charge is -2.24. The van der Waals surface area contributed by atoms with Crippen LogP contribution in [0.4, 0.5) is 16.5 Å². The maximum Gasteiger partial charge on any atom is 0.195 e. The van der Waals surface area contributed by atoms with Gasteiger partial charge in [0.15, 0.2) is 5.13 Å². The SMILES string of the molecule is COc1cccc(N(c2nc(-c3ccncc3)cs2)c2ccccc2C)c1. The smallest absolute Gasteiger partial charge is 0.195 e. The summed E-state index contributed by atoms with van der Waals surface area (Å²) < 4.78 is 5.43. The fraction of sp³-hybridized carbons (Fsp3) is 0.0909. The molecule has 4 rings (SSSR count). The van der Waals surface area contributed by atoms with Crippen LogP contribution in [-0.2, 0) is 0 Å². The Morgan fingerprint density at radius 1 is 0.963 bits per heavy atom. The maximum atomic E-state index is 5.43. The fourth-order valence-electron chi connectivity index (χ4n) is 2.94. The van der Waals surface area contributed by atoms with Crippen LogP contribution in [0.3, 0.4) is 0 Å². The number of thiazole rings is 1. The van der Waals surface area contributed by atoms with Crippen LogP contribution in [-0.4, -0.2) is 17.1 Å². The van der Waals surface area contributed by atoms with Crippen molar-refractivity contribution in [3.8, 4) is 17.0 Å². The Morgan fingerprint density at radius 3 is 2.56 bits per heavy atom. The van der Waals surface area contributed by atoms with Gasteiger partial charge in [0.2, 0.25) is 0 Å². The molecule has 5 heteroatoms. The summed E-state index contributed by atoms with van der Waals surface area (Å²) in [6.07, 6.45) is 3.57. The maximum absolute atomic E-state index is 5.43. The summed E-state index contributed by atoms with van der Waals surface area (Å²) in [7, 11) is 1.68. The summed E-state index contributed by atoms with van der Waals surface area (Å²) in [5, 5.41) is 2.99. The first-order valence-electron chi connectivity index (χ1n) is 8.62. The Morgan fingerprint density at radius 2 is 1.78 bits per heavy atom. The highest BCUT2D eigenvalue weighted by Gasteiger charge is 2.18. The van der Waals surface area contributed by atoms with Crippen molar-refractivity contribution in [2.24, 2.45) is 0 Å². The Labute approximate surface area is 162 Å². The molecule has 2 aromatic heterocycles. The number of benzene rings is 2. The monoisotopic (exact) mass is 373 g/mol. The molecule has 4 nitrogen and oxygen atoms in total. The van der Waals surface area contributed by atoms with Gasteiger partial charge < -0.3 is 4.74 Å². The molecule has 134 valence electrons. The number of hydrogen-bond donors (Lipinski definition) is 0. The van der Waals surface area contributed by atoms with Crippen molar-refractivity contribution in [3.63, 3.8) is 0 Å². The third-order valence-electron chi connectivity index (χ3n) is 4.33. The van der Waals surface area contributed by atoms with Crippen LogP contribution in [0.1, 0.15) is 5.56 Å². The molecule has 27 heavy (non-hydrogen) atoms. The number of hydrogen-bond acceptors (Lipinski definition) is 5. The average Bonchev–Trinajstić information content (AvgIpc) is 3.20. The molecule has 2 heterocycles. The minimum Gasteiger partial charge on any atom is -0.497 e. The highest BCUT2D eigenvalue weighted by Crippen LogP contribution is 2.40. The predicted octanol–water partition coefficient (Wildman–Crippen LogP) is 5.99. The summed E-state index contributed by atoms with van der Waals surface area (Å²) >= 11 is 1.62. The Kier molecular flexibility index (Phi) is 4.85. The third-order valence-corrected chi connectivity index (χ3v) is 5.15. The van der Waals surface area contributed by atoms with Gasteiger partial charge in [-0.1, -0.05) is 24.3 Å². The summed E-state index contributed by atoms with van der Waals surface area (Å²) in [5.74, 6) is 0.817. The van der Waals surface area contributed by atoms with E-state index in [-0.39, 0.29) is 0 Å². The average molecular weight is 373 g/mol. The molecule has 4 aromatic rings. The molecular formula is C22H19N3OS. The van der Waals surface area contributed by atoms with Crippen molar-refractivity contribution >= 4 is 27.8 Å². The lowest BCUT2D eigenvalue weighted by atomic mass is 10.1. The van der Waals surface area contributed by atoms with E-state index in [2.05, 4.69) is 40.4 Å². The number of aryl methyl sites for hydroxylation is 1. The topological polar surface area (TPSA) is 38.2 Å². The van der Waals surface area contributed by atoms with Gasteiger partial charge in [-0.2, -0.15) is 0 Å². The third kappa shape index (κ3) is 3.55. The molecular weight excluding hydrogens is 354 g/mol. The zero-order chi connectivity index (χ0) is 18.6. The highest BCUT2D eigenvalue weighted by atomic mass is 32.1. The Hall–Kier alpha value is -3.18. The minimum atomic E-state index is 0.817. The highest BCUT2D eigenvalue weighted by molar-refractivity contribution is 7.14. The summed E-state index contributed by atoms with van der Waals surface area (Å²) in [6, 6.07) is 20.3. The van der Waals surface area contributed by atoms with Gasteiger partial charge in [-0.3, -0.25) is 9.88 Å². The van der Waals surface area contributed by atoms with Gasteiger partial charge in [-0.05, 0) is 42.8 Å². The second-order valence-corrected chi connectivity index (χ2v) is 6.91. The Bertz CT molecular complexity index is 1050. The molecule has 0 spiro atoms. The molecule has 2 aromatic carbocycles. The van der Waals surface area contributed by atoms with Crippen molar-refractivity contribution in [1.82, 2.24) is 9.97 Å². The van der Waals surface area contributed by atoms with E-state index < -0.39 is 0 Å². The van der Waals surface area contributed by atoms with Crippen molar-refractivity contribution in [2.75, 3.05) is 12.0 Å². The van der Waals surface area contributed by atoms with Crippen molar-refractivity contribution in [2.45, 2.75) is 6.92 Å². The molecule has 0 amide bonds. The molecule has 0 saturated heterocycles. The normalized spacial score (nSPS) is 10.6. The van der Waals surface area contributed by atoms with E-state index in [0.29, 0.717) is 0 Å². The van der Waals surface area contributed by atoms with Crippen molar-refractivity contribution in [1.29, 1.82) is 0 Å². The molecule has 0 fully saturated rings. The molecule has 0 atom stereocenters. The first-order chi connectivity index (χ1) is 13.3. The van der Waals surface area contributed by atoms with Crippen LogP contribution < -0.4 is 9.64 Å². The predicted molar refractivity (Wildman–Crippen MR) is 111 cm³/mol. The number of rotatable bonds is 5. The van der Waals surface area contributed by atoms with Crippen molar-refractivity contribution in [3.05, 3.63) is 84.0 Å². The van der Waals surface area contributed by atoms with Crippen LogP contribution >= 0.6 is 11.3 Å². The van der Waals surface area contributed by atoms with Crippen LogP contribution in [0.25, 0.3) is 11.3 Å². The van der Waals surface area contributed by atoms with Crippen LogP contribution in [0, 0.1) is 6.92 Å². The van der Waals surface area contributed by atoms with E-state index in [1.807, 2.05) is 42.5 Å². The summed E-state index contributed by atoms with van der Waals surface area (Å²) in [6.45, 7) is 2.11. The standard InChI is InChI=1S/C22H19N3OS/c1-16-6-3-4-9-21(16)25(18-7-5-8-19(14-18)26-2)22-24-20(15-27-22)17-10-12-23-13-11-17/h3-15H,1-2H3. The molecule has 0 N–H and O–H groups in total. The molecule has 0 aliphatic carbocycles. The number of methoxy groups -OCH3 is 1. The van der Waals surface area contributed by atoms with Gasteiger partial charge in [0.1, 0.15) is 5.75 Å². The number of aromatic nitrogens is 2. The van der Waals surface area contributed by atoms with Gasteiger partial charge in [-0.15, -0.1) is 11.3 Å². The van der Waals surface area contributed by atoms with Crippen LogP contribution in [0.5, 0.6) is 5.75 Å². The molecule has 0 aliphatic heterocycles. The number of ether oxygens (including phenoxy) is 1. The van der Waals surface area contributed by atoms with Crippen LogP contribution in [0.2, 0.25) is 0 Å². The Balaban J connectivity index is 1.84. The molecule has 0 unspecified atom stereocenters. The van der Waals surface area contributed by atoms with Gasteiger partial charge in [0, 0.05) is 29.4 Å². The van der Waals surface area contributed by atoms with Crippen LogP contribution in [0.15, 0.2) is 78.4 Å². The van der Waals surface area contributed by atoms with Gasteiger partial charge in [0.25, 0.3) is 0 Å². The molecule has 0 aliphatic rings. The summed E-state index contributed by atoms with van der Waals surface area (Å²) in [5.41, 5.74) is 5.29. The van der Waals surface area contributed by atoms with E-state index in [0.717, 1.165) is 33.5 Å². The van der Waals surface area contributed by atoms with Gasteiger partial charge >= 0.3 is 0 Å². The molecule has 0 bridgehead atoms. The van der Waals surface area contributed by atoms with Gasteiger partial charge in [0.05, 0.1) is 24.2 Å². The molecule has 0 radical (unpaired) electrons. The lowest BCUT2D eigenvalue weighted by molar-refractivity contribution is 0.415. The minimum absolute atomic E-state index is 0.817. The van der Waals surface area contributed by atoms with E-state index in [1.165, 1.54) is 5.56 Å². The van der Waals surface area contributed by atoms with E-state index in [1.54, 1.807) is 30.8 Å². The van der Waals surface area contributed by atoms with Gasteiger partial charge in [-0.25, -0.2) is 4.98 Å². The second kappa shape index (κ2) is 7.60. The lowest BCUT2D eigenvalue weighted by Crippen LogP contribution is -2.11. The van der Waals surface area contributed by atoms with E-state index >= 15 is 0 Å². The largest absolute Gasteiger partial charge is 0.497 e. The van der Waals surface area contributed by atoms with E-state index in [4.69, 9.17) is 9.72 Å². The second-order valence-electron chi connectivity index (χ2n) is 6.07. The number of pyridine rings is 1. The number of nitrogens with zero attached hydrogens (tertiary/aromatic N) is 3. The number of anilines is 3. The van der Waals surface area contributed by atoms with E-state index in [9.17, 15) is 0 Å². The first kappa shape index (κ1) is 17.2. The molecule has 0 saturated carbocycles. The fourth-order valence-corrected chi connectivity index (χ4v) is 3.80.